The topological polar surface area (TPSA) is 75.3 Å². The highest BCUT2D eigenvalue weighted by Gasteiger charge is 2.06. The Morgan fingerprint density at radius 2 is 2.00 bits per heavy atom. The summed E-state index contributed by atoms with van der Waals surface area (Å²) in [5.41, 5.74) is 1.88. The number of hydrogen-bond donors (Lipinski definition) is 2. The summed E-state index contributed by atoms with van der Waals surface area (Å²) in [6.07, 6.45) is 1.18. The van der Waals surface area contributed by atoms with Crippen LogP contribution in [-0.4, -0.2) is 27.1 Å². The van der Waals surface area contributed by atoms with Crippen LogP contribution in [0.25, 0.3) is 0 Å². The van der Waals surface area contributed by atoms with Gasteiger partial charge in [0.05, 0.1) is 6.26 Å². The van der Waals surface area contributed by atoms with E-state index in [0.29, 0.717) is 5.92 Å². The van der Waals surface area contributed by atoms with E-state index in [2.05, 4.69) is 23.9 Å². The van der Waals surface area contributed by atoms with Gasteiger partial charge in [-0.3, -0.25) is 4.79 Å². The highest BCUT2D eigenvalue weighted by molar-refractivity contribution is 7.88. The SMILES string of the molecule is CC(C)c1cccc(NC(=O)CCNS(C)(=O)=O)c1. The van der Waals surface area contributed by atoms with Crippen molar-refractivity contribution in [2.45, 2.75) is 26.2 Å². The third-order valence-electron chi connectivity index (χ3n) is 2.55. The molecule has 0 radical (unpaired) electrons. The Morgan fingerprint density at radius 1 is 1.32 bits per heavy atom. The van der Waals surface area contributed by atoms with Crippen molar-refractivity contribution in [1.29, 1.82) is 0 Å². The predicted molar refractivity (Wildman–Crippen MR) is 76.6 cm³/mol. The quantitative estimate of drug-likeness (QED) is 0.834. The third kappa shape index (κ3) is 6.35. The van der Waals surface area contributed by atoms with Crippen LogP contribution in [0.2, 0.25) is 0 Å². The van der Waals surface area contributed by atoms with Crippen LogP contribution >= 0.6 is 0 Å². The van der Waals surface area contributed by atoms with Crippen LogP contribution in [0.3, 0.4) is 0 Å². The van der Waals surface area contributed by atoms with Crippen LogP contribution in [0.5, 0.6) is 0 Å². The number of benzene rings is 1. The fraction of sp³-hybridized carbons (Fsp3) is 0.462. The van der Waals surface area contributed by atoms with Crippen molar-refractivity contribution in [3.8, 4) is 0 Å². The maximum Gasteiger partial charge on any atom is 0.225 e. The first-order valence-electron chi connectivity index (χ1n) is 6.12. The Morgan fingerprint density at radius 3 is 2.58 bits per heavy atom. The van der Waals surface area contributed by atoms with Gasteiger partial charge in [0.2, 0.25) is 15.9 Å². The van der Waals surface area contributed by atoms with Crippen molar-refractivity contribution in [3.63, 3.8) is 0 Å². The minimum Gasteiger partial charge on any atom is -0.326 e. The van der Waals surface area contributed by atoms with Gasteiger partial charge in [-0.2, -0.15) is 0 Å². The first kappa shape index (κ1) is 15.7. The molecular formula is C13H20N2O3S. The molecule has 1 amide bonds. The molecule has 0 fully saturated rings. The van der Waals surface area contributed by atoms with E-state index in [1.54, 1.807) is 0 Å². The molecule has 0 spiro atoms. The Bertz CT molecular complexity index is 539. The molecule has 19 heavy (non-hydrogen) atoms. The van der Waals surface area contributed by atoms with Gasteiger partial charge in [0.15, 0.2) is 0 Å². The van der Waals surface area contributed by atoms with Crippen LogP contribution in [-0.2, 0) is 14.8 Å². The lowest BCUT2D eigenvalue weighted by atomic mass is 10.0. The van der Waals surface area contributed by atoms with Gasteiger partial charge in [-0.1, -0.05) is 26.0 Å². The molecule has 0 saturated carbocycles. The van der Waals surface area contributed by atoms with Gasteiger partial charge in [0.25, 0.3) is 0 Å². The summed E-state index contributed by atoms with van der Waals surface area (Å²) < 4.78 is 24.0. The minimum absolute atomic E-state index is 0.106. The molecule has 0 bridgehead atoms. The maximum atomic E-state index is 11.6. The van der Waals surface area contributed by atoms with E-state index < -0.39 is 10.0 Å². The van der Waals surface area contributed by atoms with Crippen molar-refractivity contribution >= 4 is 21.6 Å². The summed E-state index contributed by atoms with van der Waals surface area (Å²) in [6.45, 7) is 4.27. The van der Waals surface area contributed by atoms with Crippen LogP contribution in [0, 0.1) is 0 Å². The number of nitrogens with one attached hydrogen (secondary N) is 2. The lowest BCUT2D eigenvalue weighted by Crippen LogP contribution is -2.26. The smallest absolute Gasteiger partial charge is 0.225 e. The van der Waals surface area contributed by atoms with E-state index in [0.717, 1.165) is 17.5 Å². The normalized spacial score (nSPS) is 11.6. The average molecular weight is 284 g/mol. The summed E-state index contributed by atoms with van der Waals surface area (Å²) in [4.78, 5) is 11.6. The van der Waals surface area contributed by atoms with E-state index in [-0.39, 0.29) is 18.9 Å². The fourth-order valence-corrected chi connectivity index (χ4v) is 2.02. The molecule has 0 saturated heterocycles. The fourth-order valence-electron chi connectivity index (χ4n) is 1.55. The Labute approximate surface area is 114 Å². The van der Waals surface area contributed by atoms with Crippen molar-refractivity contribution in [3.05, 3.63) is 29.8 Å². The molecule has 1 rings (SSSR count). The first-order chi connectivity index (χ1) is 8.78. The molecule has 0 aromatic heterocycles. The molecule has 1 aromatic carbocycles. The number of rotatable bonds is 6. The molecule has 2 N–H and O–H groups in total. The lowest BCUT2D eigenvalue weighted by Gasteiger charge is -2.09. The second kappa shape index (κ2) is 6.68. The zero-order chi connectivity index (χ0) is 14.5. The molecule has 1 aromatic rings. The van der Waals surface area contributed by atoms with Crippen LogP contribution in [0.1, 0.15) is 31.7 Å². The number of sulfonamides is 1. The molecule has 6 heteroatoms. The van der Waals surface area contributed by atoms with Crippen molar-refractivity contribution < 1.29 is 13.2 Å². The van der Waals surface area contributed by atoms with Crippen molar-refractivity contribution in [1.82, 2.24) is 4.72 Å². The van der Waals surface area contributed by atoms with Crippen molar-refractivity contribution in [2.24, 2.45) is 0 Å². The number of amides is 1. The van der Waals surface area contributed by atoms with Gasteiger partial charge in [-0.05, 0) is 23.6 Å². The highest BCUT2D eigenvalue weighted by atomic mass is 32.2. The molecule has 0 heterocycles. The Kier molecular flexibility index (Phi) is 5.50. The highest BCUT2D eigenvalue weighted by Crippen LogP contribution is 2.18. The average Bonchev–Trinajstić information content (AvgIpc) is 2.27. The number of hydrogen-bond acceptors (Lipinski definition) is 3. The number of anilines is 1. The summed E-state index contributed by atoms with van der Waals surface area (Å²) in [5.74, 6) is 0.181. The summed E-state index contributed by atoms with van der Waals surface area (Å²) >= 11 is 0. The van der Waals surface area contributed by atoms with Crippen LogP contribution in [0.4, 0.5) is 5.69 Å². The Balaban J connectivity index is 2.50. The van der Waals surface area contributed by atoms with Gasteiger partial charge < -0.3 is 5.32 Å². The van der Waals surface area contributed by atoms with E-state index in [4.69, 9.17) is 0 Å². The molecule has 0 aliphatic heterocycles. The zero-order valence-electron chi connectivity index (χ0n) is 11.4. The molecule has 5 nitrogen and oxygen atoms in total. The molecular weight excluding hydrogens is 264 g/mol. The standard InChI is InChI=1S/C13H20N2O3S/c1-10(2)11-5-4-6-12(9-11)15-13(16)7-8-14-19(3,17)18/h4-6,9-10,14H,7-8H2,1-3H3,(H,15,16). The second-order valence-electron chi connectivity index (χ2n) is 4.74. The van der Waals surface area contributed by atoms with Gasteiger partial charge >= 0.3 is 0 Å². The molecule has 0 atom stereocenters. The largest absolute Gasteiger partial charge is 0.326 e. The minimum atomic E-state index is -3.24. The van der Waals surface area contributed by atoms with Crippen molar-refractivity contribution in [2.75, 3.05) is 18.1 Å². The number of carbonyl (C=O) groups is 1. The van der Waals surface area contributed by atoms with Crippen LogP contribution < -0.4 is 10.0 Å². The van der Waals surface area contributed by atoms with Crippen LogP contribution in [0.15, 0.2) is 24.3 Å². The molecule has 0 aliphatic carbocycles. The predicted octanol–water partition coefficient (Wildman–Crippen LogP) is 1.69. The van der Waals surface area contributed by atoms with E-state index >= 15 is 0 Å². The summed E-state index contributed by atoms with van der Waals surface area (Å²) in [5, 5.41) is 2.75. The zero-order valence-corrected chi connectivity index (χ0v) is 12.3. The van der Waals surface area contributed by atoms with Gasteiger partial charge in [0, 0.05) is 18.7 Å². The van der Waals surface area contributed by atoms with Gasteiger partial charge in [0.1, 0.15) is 0 Å². The van der Waals surface area contributed by atoms with E-state index in [1.165, 1.54) is 0 Å². The molecule has 106 valence electrons. The van der Waals surface area contributed by atoms with Gasteiger partial charge in [-0.15, -0.1) is 0 Å². The summed E-state index contributed by atoms with van der Waals surface area (Å²) in [7, 11) is -3.24. The van der Waals surface area contributed by atoms with E-state index in [9.17, 15) is 13.2 Å². The molecule has 0 aliphatic rings. The first-order valence-corrected chi connectivity index (χ1v) is 8.01. The lowest BCUT2D eigenvalue weighted by molar-refractivity contribution is -0.116. The van der Waals surface area contributed by atoms with Gasteiger partial charge in [-0.25, -0.2) is 13.1 Å². The Hall–Kier alpha value is -1.40. The second-order valence-corrected chi connectivity index (χ2v) is 6.58. The maximum absolute atomic E-state index is 11.6. The monoisotopic (exact) mass is 284 g/mol. The van der Waals surface area contributed by atoms with E-state index in [1.807, 2.05) is 24.3 Å². The third-order valence-corrected chi connectivity index (χ3v) is 3.28. The number of carbonyl (C=O) groups excluding carboxylic acids is 1. The summed E-state index contributed by atoms with van der Waals surface area (Å²) in [6, 6.07) is 7.63. The molecule has 0 unspecified atom stereocenters.